The summed E-state index contributed by atoms with van der Waals surface area (Å²) in [5.41, 5.74) is 1.26. The van der Waals surface area contributed by atoms with Crippen molar-refractivity contribution in [3.8, 4) is 0 Å². The van der Waals surface area contributed by atoms with Crippen LogP contribution in [-0.4, -0.2) is 24.5 Å². The molecule has 0 radical (unpaired) electrons. The summed E-state index contributed by atoms with van der Waals surface area (Å²) in [6, 6.07) is 2.01. The molecular weight excluding hydrogens is 262 g/mol. The molecule has 4 nitrogen and oxygen atoms in total. The van der Waals surface area contributed by atoms with E-state index >= 15 is 0 Å². The van der Waals surface area contributed by atoms with Gasteiger partial charge in [-0.15, -0.1) is 11.3 Å². The minimum Gasteiger partial charge on any atom is -0.451 e. The first-order valence-electron chi connectivity index (χ1n) is 6.68. The Morgan fingerprint density at radius 1 is 1.47 bits per heavy atom. The molecule has 1 N–H and O–H groups in total. The molecule has 0 aromatic carbocycles. The zero-order valence-electron chi connectivity index (χ0n) is 11.3. The summed E-state index contributed by atoms with van der Waals surface area (Å²) in [6.07, 6.45) is 4.14. The second-order valence-corrected chi connectivity index (χ2v) is 6.00. The lowest BCUT2D eigenvalue weighted by Crippen LogP contribution is -2.35. The molecule has 0 saturated heterocycles. The molecule has 0 unspecified atom stereocenters. The Labute approximate surface area is 117 Å². The van der Waals surface area contributed by atoms with E-state index in [1.165, 1.54) is 28.2 Å². The van der Waals surface area contributed by atoms with Crippen molar-refractivity contribution < 1.29 is 14.3 Å². The van der Waals surface area contributed by atoms with Crippen LogP contribution < -0.4 is 5.32 Å². The Balaban J connectivity index is 1.82. The van der Waals surface area contributed by atoms with Gasteiger partial charge < -0.3 is 10.1 Å². The van der Waals surface area contributed by atoms with Crippen LogP contribution in [-0.2, 0) is 22.4 Å². The monoisotopic (exact) mass is 281 g/mol. The van der Waals surface area contributed by atoms with E-state index in [1.807, 2.05) is 19.9 Å². The fourth-order valence-electron chi connectivity index (χ4n) is 2.05. The van der Waals surface area contributed by atoms with Crippen molar-refractivity contribution in [2.24, 2.45) is 0 Å². The standard InChI is InChI=1S/C14H19NO3S/c1-3-9(2)15-13(16)8-18-14(17)12-7-10-5-4-6-11(10)19-12/h7,9H,3-6,8H2,1-2H3,(H,15,16)/t9-/m0/s1. The number of nitrogens with one attached hydrogen (secondary N) is 1. The summed E-state index contributed by atoms with van der Waals surface area (Å²) in [6.45, 7) is 3.71. The smallest absolute Gasteiger partial charge is 0.348 e. The lowest BCUT2D eigenvalue weighted by Gasteiger charge is -2.11. The summed E-state index contributed by atoms with van der Waals surface area (Å²) in [7, 11) is 0. The number of hydrogen-bond acceptors (Lipinski definition) is 4. The number of thiophene rings is 1. The molecule has 1 aromatic heterocycles. The van der Waals surface area contributed by atoms with E-state index < -0.39 is 5.97 Å². The van der Waals surface area contributed by atoms with Crippen LogP contribution >= 0.6 is 11.3 Å². The van der Waals surface area contributed by atoms with Crippen molar-refractivity contribution in [3.63, 3.8) is 0 Å². The van der Waals surface area contributed by atoms with Gasteiger partial charge in [0.25, 0.3) is 5.91 Å². The van der Waals surface area contributed by atoms with Crippen LogP contribution in [0, 0.1) is 0 Å². The molecule has 5 heteroatoms. The maximum Gasteiger partial charge on any atom is 0.348 e. The average molecular weight is 281 g/mol. The predicted octanol–water partition coefficient (Wildman–Crippen LogP) is 2.31. The Kier molecular flexibility index (Phi) is 4.58. The van der Waals surface area contributed by atoms with Gasteiger partial charge in [0.2, 0.25) is 0 Å². The summed E-state index contributed by atoms with van der Waals surface area (Å²) in [5, 5.41) is 2.76. The van der Waals surface area contributed by atoms with Crippen molar-refractivity contribution >= 4 is 23.2 Å². The molecule has 2 rings (SSSR count). The molecule has 1 aromatic rings. The van der Waals surface area contributed by atoms with E-state index in [1.54, 1.807) is 0 Å². The molecule has 0 saturated carbocycles. The number of fused-ring (bicyclic) bond motifs is 1. The number of amides is 1. The molecule has 1 heterocycles. The van der Waals surface area contributed by atoms with Gasteiger partial charge in [0.15, 0.2) is 6.61 Å². The number of ether oxygens (including phenoxy) is 1. The van der Waals surface area contributed by atoms with Crippen LogP contribution in [0.1, 0.15) is 46.8 Å². The molecule has 0 bridgehead atoms. The first-order valence-corrected chi connectivity index (χ1v) is 7.50. The van der Waals surface area contributed by atoms with Crippen molar-refractivity contribution in [2.75, 3.05) is 6.61 Å². The molecule has 1 amide bonds. The number of rotatable bonds is 5. The highest BCUT2D eigenvalue weighted by Crippen LogP contribution is 2.30. The van der Waals surface area contributed by atoms with Crippen molar-refractivity contribution in [3.05, 3.63) is 21.4 Å². The van der Waals surface area contributed by atoms with Gasteiger partial charge in [-0.1, -0.05) is 6.92 Å². The third-order valence-corrected chi connectivity index (χ3v) is 4.52. The highest BCUT2D eigenvalue weighted by molar-refractivity contribution is 7.14. The number of carbonyl (C=O) groups is 2. The van der Waals surface area contributed by atoms with Gasteiger partial charge in [-0.3, -0.25) is 4.79 Å². The third kappa shape index (κ3) is 3.56. The Bertz CT molecular complexity index is 460. The van der Waals surface area contributed by atoms with Crippen LogP contribution in [0.4, 0.5) is 0 Å². The van der Waals surface area contributed by atoms with Crippen molar-refractivity contribution in [1.29, 1.82) is 0 Å². The van der Waals surface area contributed by atoms with Crippen LogP contribution in [0.2, 0.25) is 0 Å². The molecule has 0 fully saturated rings. The summed E-state index contributed by atoms with van der Waals surface area (Å²) in [4.78, 5) is 25.2. The number of esters is 1. The Morgan fingerprint density at radius 3 is 2.95 bits per heavy atom. The van der Waals surface area contributed by atoms with Crippen LogP contribution in [0.25, 0.3) is 0 Å². The highest BCUT2D eigenvalue weighted by Gasteiger charge is 2.20. The minimum absolute atomic E-state index is 0.108. The quantitative estimate of drug-likeness (QED) is 0.843. The minimum atomic E-state index is -0.390. The number of carbonyl (C=O) groups excluding carboxylic acids is 2. The third-order valence-electron chi connectivity index (χ3n) is 3.30. The first-order chi connectivity index (χ1) is 9.10. The SMILES string of the molecule is CC[C@H](C)NC(=O)COC(=O)c1cc2c(s1)CCC2. The summed E-state index contributed by atoms with van der Waals surface area (Å²) < 4.78 is 5.03. The average Bonchev–Trinajstić information content (AvgIpc) is 2.96. The lowest BCUT2D eigenvalue weighted by atomic mass is 10.2. The highest BCUT2D eigenvalue weighted by atomic mass is 32.1. The van der Waals surface area contributed by atoms with E-state index in [0.29, 0.717) is 4.88 Å². The molecule has 1 aliphatic carbocycles. The fraction of sp³-hybridized carbons (Fsp3) is 0.571. The van der Waals surface area contributed by atoms with E-state index in [0.717, 1.165) is 19.3 Å². The molecular formula is C14H19NO3S. The van der Waals surface area contributed by atoms with E-state index in [4.69, 9.17) is 4.74 Å². The molecule has 0 spiro atoms. The molecule has 0 aliphatic heterocycles. The number of aryl methyl sites for hydroxylation is 2. The fourth-order valence-corrected chi connectivity index (χ4v) is 3.20. The van der Waals surface area contributed by atoms with E-state index in [9.17, 15) is 9.59 Å². The van der Waals surface area contributed by atoms with Gasteiger partial charge in [0, 0.05) is 10.9 Å². The van der Waals surface area contributed by atoms with E-state index in [2.05, 4.69) is 5.32 Å². The second-order valence-electron chi connectivity index (χ2n) is 4.87. The zero-order valence-corrected chi connectivity index (χ0v) is 12.1. The second kappa shape index (κ2) is 6.19. The van der Waals surface area contributed by atoms with Gasteiger partial charge in [0.05, 0.1) is 0 Å². The van der Waals surface area contributed by atoms with Gasteiger partial charge in [-0.2, -0.15) is 0 Å². The maximum atomic E-state index is 11.8. The van der Waals surface area contributed by atoms with Crippen LogP contribution in [0.5, 0.6) is 0 Å². The number of hydrogen-bond donors (Lipinski definition) is 1. The predicted molar refractivity (Wildman–Crippen MR) is 74.5 cm³/mol. The normalized spacial score (nSPS) is 14.8. The van der Waals surface area contributed by atoms with E-state index in [-0.39, 0.29) is 18.6 Å². The summed E-state index contributed by atoms with van der Waals surface area (Å²) >= 11 is 1.49. The van der Waals surface area contributed by atoms with Gasteiger partial charge >= 0.3 is 5.97 Å². The zero-order chi connectivity index (χ0) is 13.8. The molecule has 1 aliphatic rings. The van der Waals surface area contributed by atoms with Crippen molar-refractivity contribution in [2.45, 2.75) is 45.6 Å². The largest absolute Gasteiger partial charge is 0.451 e. The van der Waals surface area contributed by atoms with Crippen molar-refractivity contribution in [1.82, 2.24) is 5.32 Å². The molecule has 19 heavy (non-hydrogen) atoms. The van der Waals surface area contributed by atoms with Crippen LogP contribution in [0.15, 0.2) is 6.07 Å². The van der Waals surface area contributed by atoms with Gasteiger partial charge in [0.1, 0.15) is 4.88 Å². The Morgan fingerprint density at radius 2 is 2.26 bits per heavy atom. The Hall–Kier alpha value is -1.36. The molecule has 1 atom stereocenters. The van der Waals surface area contributed by atoms with Gasteiger partial charge in [-0.25, -0.2) is 4.79 Å². The molecule has 104 valence electrons. The topological polar surface area (TPSA) is 55.4 Å². The first kappa shape index (κ1) is 14.1. The van der Waals surface area contributed by atoms with Gasteiger partial charge in [-0.05, 0) is 44.2 Å². The summed E-state index contributed by atoms with van der Waals surface area (Å²) in [5.74, 6) is -0.634. The van der Waals surface area contributed by atoms with Crippen LogP contribution in [0.3, 0.4) is 0 Å². The lowest BCUT2D eigenvalue weighted by molar-refractivity contribution is -0.124. The maximum absolute atomic E-state index is 11.8.